The summed E-state index contributed by atoms with van der Waals surface area (Å²) < 4.78 is 5.12. The molecule has 0 N–H and O–H groups in total. The molecule has 0 amide bonds. The van der Waals surface area contributed by atoms with Gasteiger partial charge in [0.2, 0.25) is 0 Å². The number of aromatic nitrogens is 1. The lowest BCUT2D eigenvalue weighted by atomic mass is 10.3. The van der Waals surface area contributed by atoms with Gasteiger partial charge in [0, 0.05) is 37.5 Å². The lowest BCUT2D eigenvalue weighted by Crippen LogP contribution is -2.29. The normalized spacial score (nSPS) is 15.7. The number of hydrogen-bond acceptors (Lipinski definition) is 3. The summed E-state index contributed by atoms with van der Waals surface area (Å²) in [6.45, 7) is 2.61. The van der Waals surface area contributed by atoms with Gasteiger partial charge in [-0.2, -0.15) is 0 Å². The second kappa shape index (κ2) is 5.62. The standard InChI is InChI=1S/C12H17ClN2O/c1-16-7-6-15(12-2-3-12)9-11-8-10(13)4-5-14-11/h4-5,8,12H,2-3,6-7,9H2,1H3. The highest BCUT2D eigenvalue weighted by atomic mass is 35.5. The van der Waals surface area contributed by atoms with Gasteiger partial charge < -0.3 is 4.74 Å². The molecule has 1 heterocycles. The topological polar surface area (TPSA) is 25.4 Å². The van der Waals surface area contributed by atoms with Crippen molar-refractivity contribution in [1.29, 1.82) is 0 Å². The van der Waals surface area contributed by atoms with E-state index in [1.54, 1.807) is 13.3 Å². The lowest BCUT2D eigenvalue weighted by Gasteiger charge is -2.20. The van der Waals surface area contributed by atoms with E-state index in [-0.39, 0.29) is 0 Å². The van der Waals surface area contributed by atoms with Gasteiger partial charge in [-0.25, -0.2) is 0 Å². The summed E-state index contributed by atoms with van der Waals surface area (Å²) >= 11 is 5.94. The SMILES string of the molecule is COCCN(Cc1cc(Cl)ccn1)C1CC1. The van der Waals surface area contributed by atoms with Crippen molar-refractivity contribution in [2.45, 2.75) is 25.4 Å². The van der Waals surface area contributed by atoms with Crippen molar-refractivity contribution < 1.29 is 4.74 Å². The number of methoxy groups -OCH3 is 1. The summed E-state index contributed by atoms with van der Waals surface area (Å²) in [7, 11) is 1.74. The third-order valence-electron chi connectivity index (χ3n) is 2.79. The number of hydrogen-bond donors (Lipinski definition) is 0. The first-order valence-electron chi connectivity index (χ1n) is 5.63. The summed E-state index contributed by atoms with van der Waals surface area (Å²) in [5.41, 5.74) is 1.04. The molecule has 3 nitrogen and oxygen atoms in total. The quantitative estimate of drug-likeness (QED) is 0.763. The molecule has 1 aromatic heterocycles. The van der Waals surface area contributed by atoms with Crippen LogP contribution in [0.1, 0.15) is 18.5 Å². The van der Waals surface area contributed by atoms with Crippen molar-refractivity contribution in [3.05, 3.63) is 29.0 Å². The van der Waals surface area contributed by atoms with Gasteiger partial charge in [0.25, 0.3) is 0 Å². The molecule has 2 rings (SSSR count). The molecule has 0 atom stereocenters. The predicted molar refractivity (Wildman–Crippen MR) is 64.6 cm³/mol. The molecule has 1 aromatic rings. The minimum absolute atomic E-state index is 0.718. The van der Waals surface area contributed by atoms with E-state index in [9.17, 15) is 0 Å². The van der Waals surface area contributed by atoms with Gasteiger partial charge in [-0.15, -0.1) is 0 Å². The van der Waals surface area contributed by atoms with Crippen LogP contribution in [0.25, 0.3) is 0 Å². The Balaban J connectivity index is 1.94. The van der Waals surface area contributed by atoms with Crippen molar-refractivity contribution in [3.63, 3.8) is 0 Å². The molecule has 0 radical (unpaired) electrons. The van der Waals surface area contributed by atoms with Crippen LogP contribution >= 0.6 is 11.6 Å². The van der Waals surface area contributed by atoms with E-state index in [2.05, 4.69) is 9.88 Å². The Kier molecular flexibility index (Phi) is 4.16. The zero-order valence-electron chi connectivity index (χ0n) is 9.53. The molecule has 0 aliphatic heterocycles. The van der Waals surface area contributed by atoms with Crippen LogP contribution in [0.2, 0.25) is 5.02 Å². The highest BCUT2D eigenvalue weighted by molar-refractivity contribution is 6.30. The first-order valence-corrected chi connectivity index (χ1v) is 6.01. The Morgan fingerprint density at radius 1 is 1.56 bits per heavy atom. The first-order chi connectivity index (χ1) is 7.79. The molecule has 1 fully saturated rings. The van der Waals surface area contributed by atoms with E-state index in [0.29, 0.717) is 0 Å². The number of halogens is 1. The molecule has 16 heavy (non-hydrogen) atoms. The van der Waals surface area contributed by atoms with Crippen molar-refractivity contribution in [3.8, 4) is 0 Å². The summed E-state index contributed by atoms with van der Waals surface area (Å²) in [5.74, 6) is 0. The third-order valence-corrected chi connectivity index (χ3v) is 3.02. The van der Waals surface area contributed by atoms with Crippen LogP contribution in [0.3, 0.4) is 0 Å². The summed E-state index contributed by atoms with van der Waals surface area (Å²) in [6, 6.07) is 4.46. The van der Waals surface area contributed by atoms with Gasteiger partial charge in [-0.1, -0.05) is 11.6 Å². The minimum atomic E-state index is 0.718. The van der Waals surface area contributed by atoms with E-state index in [1.807, 2.05) is 12.1 Å². The smallest absolute Gasteiger partial charge is 0.0589 e. The summed E-state index contributed by atoms with van der Waals surface area (Å²) in [6.07, 6.45) is 4.35. The Morgan fingerprint density at radius 3 is 3.00 bits per heavy atom. The fraction of sp³-hybridized carbons (Fsp3) is 0.583. The molecule has 0 aromatic carbocycles. The maximum Gasteiger partial charge on any atom is 0.0589 e. The second-order valence-corrected chi connectivity index (χ2v) is 4.60. The number of ether oxygens (including phenoxy) is 1. The van der Waals surface area contributed by atoms with Gasteiger partial charge >= 0.3 is 0 Å². The van der Waals surface area contributed by atoms with Crippen LogP contribution < -0.4 is 0 Å². The van der Waals surface area contributed by atoms with Crippen molar-refractivity contribution in [2.75, 3.05) is 20.3 Å². The van der Waals surface area contributed by atoms with E-state index < -0.39 is 0 Å². The highest BCUT2D eigenvalue weighted by Crippen LogP contribution is 2.27. The van der Waals surface area contributed by atoms with Crippen molar-refractivity contribution in [1.82, 2.24) is 9.88 Å². The van der Waals surface area contributed by atoms with Crippen molar-refractivity contribution >= 4 is 11.6 Å². The number of pyridine rings is 1. The molecule has 88 valence electrons. The monoisotopic (exact) mass is 240 g/mol. The molecule has 0 bridgehead atoms. The van der Waals surface area contributed by atoms with Crippen LogP contribution in [0.5, 0.6) is 0 Å². The largest absolute Gasteiger partial charge is 0.383 e. The van der Waals surface area contributed by atoms with Gasteiger partial charge in [-0.05, 0) is 25.0 Å². The summed E-state index contributed by atoms with van der Waals surface area (Å²) in [5, 5.41) is 0.757. The van der Waals surface area contributed by atoms with Crippen LogP contribution in [0.4, 0.5) is 0 Å². The minimum Gasteiger partial charge on any atom is -0.383 e. The van der Waals surface area contributed by atoms with E-state index in [1.165, 1.54) is 12.8 Å². The third kappa shape index (κ3) is 3.44. The highest BCUT2D eigenvalue weighted by Gasteiger charge is 2.28. The second-order valence-electron chi connectivity index (χ2n) is 4.16. The average molecular weight is 241 g/mol. The zero-order valence-corrected chi connectivity index (χ0v) is 10.3. The van der Waals surface area contributed by atoms with Gasteiger partial charge in [0.1, 0.15) is 0 Å². The molecule has 1 saturated carbocycles. The molecular weight excluding hydrogens is 224 g/mol. The first kappa shape index (κ1) is 11.8. The van der Waals surface area contributed by atoms with Crippen LogP contribution in [-0.4, -0.2) is 36.2 Å². The van der Waals surface area contributed by atoms with E-state index >= 15 is 0 Å². The van der Waals surface area contributed by atoms with Gasteiger partial charge in [-0.3, -0.25) is 9.88 Å². The molecule has 1 aliphatic rings. The summed E-state index contributed by atoms with van der Waals surface area (Å²) in [4.78, 5) is 6.75. The predicted octanol–water partition coefficient (Wildman–Crippen LogP) is 2.35. The van der Waals surface area contributed by atoms with Crippen LogP contribution in [-0.2, 0) is 11.3 Å². The molecule has 0 unspecified atom stereocenters. The average Bonchev–Trinajstić information content (AvgIpc) is 3.08. The maximum absolute atomic E-state index is 5.94. The molecule has 0 spiro atoms. The zero-order chi connectivity index (χ0) is 11.4. The van der Waals surface area contributed by atoms with Gasteiger partial charge in [0.05, 0.1) is 12.3 Å². The van der Waals surface area contributed by atoms with E-state index in [4.69, 9.17) is 16.3 Å². The Morgan fingerprint density at radius 2 is 2.38 bits per heavy atom. The number of rotatable bonds is 6. The fourth-order valence-corrected chi connectivity index (χ4v) is 1.96. The van der Waals surface area contributed by atoms with Crippen molar-refractivity contribution in [2.24, 2.45) is 0 Å². The van der Waals surface area contributed by atoms with Crippen LogP contribution in [0.15, 0.2) is 18.3 Å². The molecule has 1 aliphatic carbocycles. The maximum atomic E-state index is 5.94. The molecular formula is C12H17ClN2O. The lowest BCUT2D eigenvalue weighted by molar-refractivity contribution is 0.139. The van der Waals surface area contributed by atoms with Crippen LogP contribution in [0, 0.1) is 0 Å². The number of nitrogens with zero attached hydrogens (tertiary/aromatic N) is 2. The Labute approximate surface area is 101 Å². The van der Waals surface area contributed by atoms with Gasteiger partial charge in [0.15, 0.2) is 0 Å². The molecule has 4 heteroatoms. The fourth-order valence-electron chi connectivity index (χ4n) is 1.78. The van der Waals surface area contributed by atoms with E-state index in [0.717, 1.165) is 36.5 Å². The Hall–Kier alpha value is -0.640. The Bertz CT molecular complexity index is 342. The molecule has 0 saturated heterocycles.